The molecule has 1 aliphatic carbocycles. The van der Waals surface area contributed by atoms with Crippen LogP contribution in [-0.4, -0.2) is 24.0 Å². The lowest BCUT2D eigenvalue weighted by molar-refractivity contribution is -0.123. The van der Waals surface area contributed by atoms with Crippen LogP contribution in [0.3, 0.4) is 0 Å². The Morgan fingerprint density at radius 2 is 1.90 bits per heavy atom. The molecule has 4 unspecified atom stereocenters. The zero-order valence-electron chi connectivity index (χ0n) is 13.2. The van der Waals surface area contributed by atoms with Crippen molar-refractivity contribution in [1.29, 1.82) is 0 Å². The average Bonchev–Trinajstić information content (AvgIpc) is 2.80. The summed E-state index contributed by atoms with van der Waals surface area (Å²) in [5.41, 5.74) is 0. The molecule has 1 heterocycles. The Balaban J connectivity index is 0.00000200. The van der Waals surface area contributed by atoms with E-state index in [1.807, 2.05) is 0 Å². The van der Waals surface area contributed by atoms with E-state index in [4.69, 9.17) is 0 Å². The monoisotopic (exact) mass is 302 g/mol. The summed E-state index contributed by atoms with van der Waals surface area (Å²) in [6.07, 6.45) is 8.57. The topological polar surface area (TPSA) is 41.1 Å². The van der Waals surface area contributed by atoms with Gasteiger partial charge in [-0.3, -0.25) is 4.79 Å². The molecule has 2 N–H and O–H groups in total. The maximum atomic E-state index is 12.3. The first-order valence-corrected chi connectivity index (χ1v) is 8.12. The van der Waals surface area contributed by atoms with Crippen LogP contribution >= 0.6 is 12.4 Å². The van der Waals surface area contributed by atoms with Gasteiger partial charge in [0, 0.05) is 12.1 Å². The molecule has 2 rings (SSSR count). The molecule has 118 valence electrons. The smallest absolute Gasteiger partial charge is 0.237 e. The van der Waals surface area contributed by atoms with Gasteiger partial charge >= 0.3 is 0 Å². The molecule has 0 bridgehead atoms. The molecule has 2 fully saturated rings. The van der Waals surface area contributed by atoms with Gasteiger partial charge in [0.05, 0.1) is 6.04 Å². The predicted octanol–water partition coefficient (Wildman–Crippen LogP) is 3.27. The Bertz CT molecular complexity index is 295. The number of fused-ring (bicyclic) bond motifs is 1. The fourth-order valence-corrected chi connectivity index (χ4v) is 3.52. The summed E-state index contributed by atoms with van der Waals surface area (Å²) >= 11 is 0. The Kier molecular flexibility index (Phi) is 7.32. The molecule has 3 nitrogen and oxygen atoms in total. The van der Waals surface area contributed by atoms with E-state index in [2.05, 4.69) is 31.4 Å². The van der Waals surface area contributed by atoms with Gasteiger partial charge in [-0.2, -0.15) is 0 Å². The number of nitrogens with one attached hydrogen (secondary N) is 2. The second kappa shape index (κ2) is 8.23. The van der Waals surface area contributed by atoms with Gasteiger partial charge in [-0.1, -0.05) is 26.7 Å². The highest BCUT2D eigenvalue weighted by Gasteiger charge is 2.38. The minimum atomic E-state index is 0. The van der Waals surface area contributed by atoms with Gasteiger partial charge in [0.1, 0.15) is 0 Å². The molecule has 0 aromatic heterocycles. The van der Waals surface area contributed by atoms with Gasteiger partial charge in [-0.25, -0.2) is 0 Å². The summed E-state index contributed by atoms with van der Waals surface area (Å²) in [5, 5.41) is 6.74. The van der Waals surface area contributed by atoms with Crippen molar-refractivity contribution in [3.63, 3.8) is 0 Å². The zero-order valence-corrected chi connectivity index (χ0v) is 14.0. The van der Waals surface area contributed by atoms with Crippen molar-refractivity contribution in [2.75, 3.05) is 0 Å². The minimum absolute atomic E-state index is 0. The number of carbonyl (C=O) groups is 1. The highest BCUT2D eigenvalue weighted by Crippen LogP contribution is 2.33. The largest absolute Gasteiger partial charge is 0.352 e. The summed E-state index contributed by atoms with van der Waals surface area (Å²) in [7, 11) is 0. The molecule has 1 aliphatic heterocycles. The van der Waals surface area contributed by atoms with Crippen LogP contribution in [0.15, 0.2) is 0 Å². The molecule has 0 aromatic rings. The molecule has 0 radical (unpaired) electrons. The molecule has 2 aliphatic rings. The van der Waals surface area contributed by atoms with Crippen molar-refractivity contribution in [3.05, 3.63) is 0 Å². The maximum absolute atomic E-state index is 12.3. The van der Waals surface area contributed by atoms with Gasteiger partial charge in [-0.15, -0.1) is 12.4 Å². The molecular formula is C16H31ClN2O. The van der Waals surface area contributed by atoms with Crippen molar-refractivity contribution < 1.29 is 4.79 Å². The van der Waals surface area contributed by atoms with Crippen molar-refractivity contribution in [3.8, 4) is 0 Å². The Morgan fingerprint density at radius 1 is 1.20 bits per heavy atom. The highest BCUT2D eigenvalue weighted by atomic mass is 35.5. The van der Waals surface area contributed by atoms with E-state index in [1.54, 1.807) is 0 Å². The van der Waals surface area contributed by atoms with Crippen LogP contribution in [0.2, 0.25) is 0 Å². The summed E-state index contributed by atoms with van der Waals surface area (Å²) in [4.78, 5) is 12.3. The summed E-state index contributed by atoms with van der Waals surface area (Å²) < 4.78 is 0. The summed E-state index contributed by atoms with van der Waals surface area (Å²) in [6.45, 7) is 6.60. The molecule has 4 heteroatoms. The van der Waals surface area contributed by atoms with Crippen molar-refractivity contribution in [1.82, 2.24) is 10.6 Å². The lowest BCUT2D eigenvalue weighted by Crippen LogP contribution is -2.46. The van der Waals surface area contributed by atoms with E-state index in [9.17, 15) is 4.79 Å². The normalized spacial score (nSPS) is 30.5. The SMILES string of the molecule is CC(C)CCC(C)NC(=O)C1CC2CCCCC2N1.Cl. The summed E-state index contributed by atoms with van der Waals surface area (Å²) in [6, 6.07) is 0.976. The van der Waals surface area contributed by atoms with Crippen molar-refractivity contribution >= 4 is 18.3 Å². The van der Waals surface area contributed by atoms with E-state index in [0.29, 0.717) is 18.0 Å². The highest BCUT2D eigenvalue weighted by molar-refractivity contribution is 5.85. The molecule has 4 atom stereocenters. The van der Waals surface area contributed by atoms with Crippen LogP contribution in [0.1, 0.15) is 65.7 Å². The summed E-state index contributed by atoms with van der Waals surface area (Å²) in [5.74, 6) is 1.69. The maximum Gasteiger partial charge on any atom is 0.237 e. The Hall–Kier alpha value is -0.280. The lowest BCUT2D eigenvalue weighted by atomic mass is 9.85. The third kappa shape index (κ3) is 4.92. The number of amides is 1. The van der Waals surface area contributed by atoms with E-state index >= 15 is 0 Å². The first-order valence-electron chi connectivity index (χ1n) is 8.12. The van der Waals surface area contributed by atoms with Crippen LogP contribution in [0.4, 0.5) is 0 Å². The van der Waals surface area contributed by atoms with Gasteiger partial charge in [0.25, 0.3) is 0 Å². The van der Waals surface area contributed by atoms with E-state index in [-0.39, 0.29) is 24.4 Å². The fourth-order valence-electron chi connectivity index (χ4n) is 3.52. The third-order valence-corrected chi connectivity index (χ3v) is 4.74. The number of carbonyl (C=O) groups excluding carboxylic acids is 1. The fraction of sp³-hybridized carbons (Fsp3) is 0.938. The van der Waals surface area contributed by atoms with E-state index in [1.165, 1.54) is 32.1 Å². The lowest BCUT2D eigenvalue weighted by Gasteiger charge is -2.24. The standard InChI is InChI=1S/C16H30N2O.ClH/c1-11(2)8-9-12(3)17-16(19)15-10-13-6-4-5-7-14(13)18-15;/h11-15,18H,4-10H2,1-3H3,(H,17,19);1H. The predicted molar refractivity (Wildman–Crippen MR) is 86.2 cm³/mol. The number of hydrogen-bond acceptors (Lipinski definition) is 2. The molecule has 0 spiro atoms. The Morgan fingerprint density at radius 3 is 2.55 bits per heavy atom. The second-order valence-corrected chi connectivity index (χ2v) is 6.99. The van der Waals surface area contributed by atoms with Crippen LogP contribution < -0.4 is 10.6 Å². The molecule has 20 heavy (non-hydrogen) atoms. The quantitative estimate of drug-likeness (QED) is 0.818. The van der Waals surface area contributed by atoms with Crippen LogP contribution in [0.5, 0.6) is 0 Å². The third-order valence-electron chi connectivity index (χ3n) is 4.74. The van der Waals surface area contributed by atoms with Crippen LogP contribution in [0.25, 0.3) is 0 Å². The second-order valence-electron chi connectivity index (χ2n) is 6.99. The number of hydrogen-bond donors (Lipinski definition) is 2. The Labute approximate surface area is 130 Å². The van der Waals surface area contributed by atoms with Gasteiger partial charge in [0.15, 0.2) is 0 Å². The molecule has 1 saturated heterocycles. The van der Waals surface area contributed by atoms with Gasteiger partial charge < -0.3 is 10.6 Å². The first-order chi connectivity index (χ1) is 9.06. The van der Waals surface area contributed by atoms with Crippen LogP contribution in [0, 0.1) is 11.8 Å². The average molecular weight is 303 g/mol. The molecular weight excluding hydrogens is 272 g/mol. The van der Waals surface area contributed by atoms with Crippen molar-refractivity contribution in [2.24, 2.45) is 11.8 Å². The number of halogens is 1. The van der Waals surface area contributed by atoms with E-state index < -0.39 is 0 Å². The molecule has 1 saturated carbocycles. The molecule has 1 amide bonds. The van der Waals surface area contributed by atoms with Gasteiger partial charge in [0.2, 0.25) is 5.91 Å². The van der Waals surface area contributed by atoms with Gasteiger partial charge in [-0.05, 0) is 50.9 Å². The number of rotatable bonds is 5. The zero-order chi connectivity index (χ0) is 13.8. The van der Waals surface area contributed by atoms with Crippen LogP contribution in [-0.2, 0) is 4.79 Å². The molecule has 0 aromatic carbocycles. The first kappa shape index (κ1) is 17.8. The van der Waals surface area contributed by atoms with Crippen molar-refractivity contribution in [2.45, 2.75) is 83.8 Å². The van der Waals surface area contributed by atoms with E-state index in [0.717, 1.165) is 18.8 Å². The minimum Gasteiger partial charge on any atom is -0.352 e.